The minimum Gasteiger partial charge on any atom is -0.480 e. The fourth-order valence-electron chi connectivity index (χ4n) is 3.68. The number of benzene rings is 1. The zero-order chi connectivity index (χ0) is 19.4. The number of hydrogen-bond acceptors (Lipinski definition) is 4. The van der Waals surface area contributed by atoms with E-state index in [2.05, 4.69) is 16.0 Å². The summed E-state index contributed by atoms with van der Waals surface area (Å²) in [6.07, 6.45) is 3.61. The quantitative estimate of drug-likeness (QED) is 0.609. The van der Waals surface area contributed by atoms with Crippen LogP contribution in [0.15, 0.2) is 18.2 Å². The van der Waals surface area contributed by atoms with Gasteiger partial charge in [0.1, 0.15) is 0 Å². The van der Waals surface area contributed by atoms with E-state index in [4.69, 9.17) is 5.11 Å². The summed E-state index contributed by atoms with van der Waals surface area (Å²) in [5, 5.41) is 17.6. The Morgan fingerprint density at radius 1 is 1.30 bits per heavy atom. The number of rotatable bonds is 6. The molecule has 4 N–H and O–H groups in total. The summed E-state index contributed by atoms with van der Waals surface area (Å²) in [4.78, 5) is 36.6. The average molecular weight is 374 g/mol. The molecule has 0 unspecified atom stereocenters. The molecule has 1 aromatic rings. The second-order valence-corrected chi connectivity index (χ2v) is 7.15. The first-order valence-electron chi connectivity index (χ1n) is 9.40. The van der Waals surface area contributed by atoms with Gasteiger partial charge in [-0.15, -0.1) is 0 Å². The fraction of sp³-hybridized carbons (Fsp3) is 0.526. The van der Waals surface area contributed by atoms with Gasteiger partial charge in [-0.25, -0.2) is 4.79 Å². The van der Waals surface area contributed by atoms with Crippen LogP contribution in [0.25, 0.3) is 0 Å². The molecule has 1 fully saturated rings. The predicted molar refractivity (Wildman–Crippen MR) is 102 cm³/mol. The number of aryl methyl sites for hydroxylation is 1. The zero-order valence-corrected chi connectivity index (χ0v) is 15.5. The van der Waals surface area contributed by atoms with Crippen LogP contribution in [0.4, 0.5) is 16.2 Å². The molecule has 1 aromatic carbocycles. The van der Waals surface area contributed by atoms with Crippen LogP contribution in [-0.2, 0) is 16.0 Å². The summed E-state index contributed by atoms with van der Waals surface area (Å²) in [7, 11) is 0. The van der Waals surface area contributed by atoms with Crippen molar-refractivity contribution in [3.63, 3.8) is 0 Å². The standard InChI is InChI=1S/C19H26N4O4/c1-2-23(11-18(25)26)15-9-14(10-15)21-19(27)20-13-6-7-16-12(8-13)4-3-5-17(24)22-16/h6-8,14-15H,2-5,9-11H2,1H3,(H,22,24)(H,25,26)(H2,20,21,27). The van der Waals surface area contributed by atoms with Gasteiger partial charge in [-0.2, -0.15) is 0 Å². The Labute approximate surface area is 158 Å². The van der Waals surface area contributed by atoms with Crippen molar-refractivity contribution in [2.45, 2.75) is 51.1 Å². The van der Waals surface area contributed by atoms with Crippen molar-refractivity contribution < 1.29 is 19.5 Å². The molecule has 0 atom stereocenters. The molecule has 0 spiro atoms. The number of anilines is 2. The number of likely N-dealkylation sites (N-methyl/N-ethyl adjacent to an activating group) is 1. The summed E-state index contributed by atoms with van der Waals surface area (Å²) < 4.78 is 0. The van der Waals surface area contributed by atoms with E-state index in [1.807, 2.05) is 24.0 Å². The molecule has 27 heavy (non-hydrogen) atoms. The molecule has 0 bridgehead atoms. The number of carboxylic acids is 1. The van der Waals surface area contributed by atoms with Crippen LogP contribution >= 0.6 is 0 Å². The number of amides is 3. The van der Waals surface area contributed by atoms with Gasteiger partial charge in [0.15, 0.2) is 0 Å². The van der Waals surface area contributed by atoms with E-state index >= 15 is 0 Å². The van der Waals surface area contributed by atoms with Crippen molar-refractivity contribution in [1.29, 1.82) is 0 Å². The number of carbonyl (C=O) groups is 3. The molecule has 1 heterocycles. The lowest BCUT2D eigenvalue weighted by molar-refractivity contribution is -0.139. The van der Waals surface area contributed by atoms with Gasteiger partial charge in [-0.1, -0.05) is 6.92 Å². The molecule has 8 heteroatoms. The highest BCUT2D eigenvalue weighted by molar-refractivity contribution is 5.94. The SMILES string of the molecule is CCN(CC(=O)O)C1CC(NC(=O)Nc2ccc3c(c2)CCCC(=O)N3)C1. The molecule has 3 amide bonds. The Morgan fingerprint density at radius 2 is 2.07 bits per heavy atom. The van der Waals surface area contributed by atoms with E-state index in [1.54, 1.807) is 6.07 Å². The molecule has 3 rings (SSSR count). The Hall–Kier alpha value is -2.61. The highest BCUT2D eigenvalue weighted by atomic mass is 16.4. The van der Waals surface area contributed by atoms with Crippen LogP contribution in [0.3, 0.4) is 0 Å². The molecule has 146 valence electrons. The van der Waals surface area contributed by atoms with E-state index in [1.165, 1.54) is 0 Å². The summed E-state index contributed by atoms with van der Waals surface area (Å²) >= 11 is 0. The van der Waals surface area contributed by atoms with Crippen molar-refractivity contribution >= 4 is 29.3 Å². The second-order valence-electron chi connectivity index (χ2n) is 7.15. The summed E-state index contributed by atoms with van der Waals surface area (Å²) in [6, 6.07) is 5.48. The molecular formula is C19H26N4O4. The van der Waals surface area contributed by atoms with Crippen molar-refractivity contribution in [1.82, 2.24) is 10.2 Å². The van der Waals surface area contributed by atoms with Gasteiger partial charge in [-0.05, 0) is 56.0 Å². The van der Waals surface area contributed by atoms with Gasteiger partial charge in [0.05, 0.1) is 6.54 Å². The number of fused-ring (bicyclic) bond motifs is 1. The van der Waals surface area contributed by atoms with Crippen LogP contribution < -0.4 is 16.0 Å². The molecule has 0 radical (unpaired) electrons. The van der Waals surface area contributed by atoms with Crippen LogP contribution in [-0.4, -0.2) is 53.1 Å². The lowest BCUT2D eigenvalue weighted by Crippen LogP contribution is -2.55. The monoisotopic (exact) mass is 374 g/mol. The lowest BCUT2D eigenvalue weighted by Gasteiger charge is -2.42. The van der Waals surface area contributed by atoms with E-state index < -0.39 is 5.97 Å². The maximum absolute atomic E-state index is 12.2. The number of carbonyl (C=O) groups excluding carboxylic acids is 2. The molecule has 8 nitrogen and oxygen atoms in total. The molecule has 0 saturated heterocycles. The normalized spacial score (nSPS) is 21.5. The van der Waals surface area contributed by atoms with Gasteiger partial charge >= 0.3 is 12.0 Å². The van der Waals surface area contributed by atoms with Crippen molar-refractivity contribution in [2.24, 2.45) is 0 Å². The molecule has 1 saturated carbocycles. The average Bonchev–Trinajstić information content (AvgIpc) is 2.76. The van der Waals surface area contributed by atoms with Gasteiger partial charge in [0, 0.05) is 29.9 Å². The third-order valence-corrected chi connectivity index (χ3v) is 5.20. The van der Waals surface area contributed by atoms with Gasteiger partial charge < -0.3 is 21.1 Å². The van der Waals surface area contributed by atoms with Crippen LogP contribution in [0.2, 0.25) is 0 Å². The molecule has 0 aromatic heterocycles. The Balaban J connectivity index is 1.49. The third kappa shape index (κ3) is 4.97. The van der Waals surface area contributed by atoms with Gasteiger partial charge in [0.2, 0.25) is 5.91 Å². The summed E-state index contributed by atoms with van der Waals surface area (Å²) in [5.41, 5.74) is 2.53. The first kappa shape index (κ1) is 19.2. The minimum atomic E-state index is -0.828. The number of urea groups is 1. The van der Waals surface area contributed by atoms with E-state index in [9.17, 15) is 14.4 Å². The van der Waals surface area contributed by atoms with Crippen LogP contribution in [0.1, 0.15) is 38.2 Å². The second kappa shape index (κ2) is 8.39. The Kier molecular flexibility index (Phi) is 5.95. The van der Waals surface area contributed by atoms with Crippen molar-refractivity contribution in [3.8, 4) is 0 Å². The Bertz CT molecular complexity index is 730. The fourth-order valence-corrected chi connectivity index (χ4v) is 3.68. The maximum atomic E-state index is 12.2. The number of aliphatic carboxylic acids is 1. The summed E-state index contributed by atoms with van der Waals surface area (Å²) in [6.45, 7) is 2.66. The number of nitrogens with zero attached hydrogens (tertiary/aromatic N) is 1. The van der Waals surface area contributed by atoms with Crippen molar-refractivity contribution in [2.75, 3.05) is 23.7 Å². The smallest absolute Gasteiger partial charge is 0.319 e. The van der Waals surface area contributed by atoms with Crippen LogP contribution in [0, 0.1) is 0 Å². The van der Waals surface area contributed by atoms with E-state index in [0.29, 0.717) is 18.7 Å². The number of carboxylic acid groups (broad SMARTS) is 1. The van der Waals surface area contributed by atoms with E-state index in [-0.39, 0.29) is 30.6 Å². The van der Waals surface area contributed by atoms with Gasteiger partial charge in [0.25, 0.3) is 0 Å². The molecule has 1 aliphatic heterocycles. The highest BCUT2D eigenvalue weighted by Gasteiger charge is 2.34. The van der Waals surface area contributed by atoms with Crippen molar-refractivity contribution in [3.05, 3.63) is 23.8 Å². The largest absolute Gasteiger partial charge is 0.480 e. The molecule has 2 aliphatic rings. The highest BCUT2D eigenvalue weighted by Crippen LogP contribution is 2.27. The number of nitrogens with one attached hydrogen (secondary N) is 3. The Morgan fingerprint density at radius 3 is 2.78 bits per heavy atom. The summed E-state index contributed by atoms with van der Waals surface area (Å²) in [5.74, 6) is -0.804. The van der Waals surface area contributed by atoms with Gasteiger partial charge in [-0.3, -0.25) is 14.5 Å². The van der Waals surface area contributed by atoms with Crippen LogP contribution in [0.5, 0.6) is 0 Å². The number of hydrogen-bond donors (Lipinski definition) is 4. The zero-order valence-electron chi connectivity index (χ0n) is 15.5. The maximum Gasteiger partial charge on any atom is 0.319 e. The first-order chi connectivity index (χ1) is 12.9. The molecule has 1 aliphatic carbocycles. The first-order valence-corrected chi connectivity index (χ1v) is 9.40. The minimum absolute atomic E-state index is 0.0239. The lowest BCUT2D eigenvalue weighted by atomic mass is 9.85. The topological polar surface area (TPSA) is 111 Å². The third-order valence-electron chi connectivity index (χ3n) is 5.20. The molecular weight excluding hydrogens is 348 g/mol. The van der Waals surface area contributed by atoms with E-state index in [0.717, 1.165) is 36.9 Å². The predicted octanol–water partition coefficient (Wildman–Crippen LogP) is 2.02.